The SMILES string of the molecule is CCNC(=NCc1ccc(Cl)cc1)NCC1CCCN1CCOC. The Morgan fingerprint density at radius 3 is 2.83 bits per heavy atom. The number of aliphatic imine (C=N–C) groups is 1. The number of rotatable bonds is 8. The van der Waals surface area contributed by atoms with Crippen molar-refractivity contribution in [1.82, 2.24) is 15.5 Å². The molecule has 1 fully saturated rings. The highest BCUT2D eigenvalue weighted by Crippen LogP contribution is 2.16. The highest BCUT2D eigenvalue weighted by atomic mass is 35.5. The summed E-state index contributed by atoms with van der Waals surface area (Å²) in [5, 5.41) is 7.55. The van der Waals surface area contributed by atoms with Gasteiger partial charge in [-0.1, -0.05) is 23.7 Å². The average Bonchev–Trinajstić information content (AvgIpc) is 3.04. The zero-order chi connectivity index (χ0) is 17.2. The van der Waals surface area contributed by atoms with Crippen LogP contribution in [-0.4, -0.2) is 56.8 Å². The third-order valence-corrected chi connectivity index (χ3v) is 4.52. The van der Waals surface area contributed by atoms with Crippen molar-refractivity contribution in [2.24, 2.45) is 4.99 Å². The first-order chi connectivity index (χ1) is 11.7. The number of ether oxygens (including phenoxy) is 1. The largest absolute Gasteiger partial charge is 0.383 e. The van der Waals surface area contributed by atoms with Crippen LogP contribution < -0.4 is 10.6 Å². The third kappa shape index (κ3) is 6.30. The van der Waals surface area contributed by atoms with Crippen LogP contribution in [0.4, 0.5) is 0 Å². The van der Waals surface area contributed by atoms with Gasteiger partial charge in [0.05, 0.1) is 13.2 Å². The third-order valence-electron chi connectivity index (χ3n) is 4.26. The van der Waals surface area contributed by atoms with E-state index in [1.807, 2.05) is 24.3 Å². The molecule has 1 heterocycles. The predicted octanol–water partition coefficient (Wildman–Crippen LogP) is 2.51. The molecule has 0 saturated carbocycles. The fourth-order valence-corrected chi connectivity index (χ4v) is 3.07. The number of hydrogen-bond donors (Lipinski definition) is 2. The standard InChI is InChI=1S/C18H29ClN4O/c1-3-20-18(21-13-15-6-8-16(19)9-7-15)22-14-17-5-4-10-23(17)11-12-24-2/h6-9,17H,3-5,10-14H2,1-2H3,(H2,20,21,22). The lowest BCUT2D eigenvalue weighted by atomic mass is 10.2. The Bertz CT molecular complexity index is 506. The van der Waals surface area contributed by atoms with E-state index in [4.69, 9.17) is 16.3 Å². The van der Waals surface area contributed by atoms with E-state index < -0.39 is 0 Å². The first kappa shape index (κ1) is 19.0. The van der Waals surface area contributed by atoms with Crippen LogP contribution in [0.5, 0.6) is 0 Å². The fraction of sp³-hybridized carbons (Fsp3) is 0.611. The van der Waals surface area contributed by atoms with Crippen molar-refractivity contribution in [2.75, 3.05) is 39.9 Å². The topological polar surface area (TPSA) is 48.9 Å². The molecule has 2 N–H and O–H groups in total. The average molecular weight is 353 g/mol. The van der Waals surface area contributed by atoms with Gasteiger partial charge in [0.25, 0.3) is 0 Å². The summed E-state index contributed by atoms with van der Waals surface area (Å²) in [4.78, 5) is 7.17. The number of hydrogen-bond acceptors (Lipinski definition) is 3. The van der Waals surface area contributed by atoms with E-state index in [1.54, 1.807) is 7.11 Å². The lowest BCUT2D eigenvalue weighted by Gasteiger charge is -2.25. The molecule has 6 heteroatoms. The molecule has 134 valence electrons. The van der Waals surface area contributed by atoms with E-state index in [1.165, 1.54) is 12.8 Å². The molecule has 1 atom stereocenters. The number of nitrogens with one attached hydrogen (secondary N) is 2. The molecule has 0 amide bonds. The van der Waals surface area contributed by atoms with Gasteiger partial charge in [0.2, 0.25) is 0 Å². The summed E-state index contributed by atoms with van der Waals surface area (Å²) in [6.07, 6.45) is 2.49. The number of methoxy groups -OCH3 is 1. The number of benzene rings is 1. The first-order valence-electron chi connectivity index (χ1n) is 8.72. The Labute approximate surface area is 150 Å². The van der Waals surface area contributed by atoms with Crippen LogP contribution in [0.3, 0.4) is 0 Å². The minimum absolute atomic E-state index is 0.555. The summed E-state index contributed by atoms with van der Waals surface area (Å²) >= 11 is 5.92. The minimum atomic E-state index is 0.555. The van der Waals surface area contributed by atoms with Gasteiger partial charge < -0.3 is 15.4 Å². The molecule has 24 heavy (non-hydrogen) atoms. The second-order valence-electron chi connectivity index (χ2n) is 6.03. The van der Waals surface area contributed by atoms with Crippen molar-refractivity contribution in [2.45, 2.75) is 32.4 Å². The van der Waals surface area contributed by atoms with Crippen molar-refractivity contribution in [3.05, 3.63) is 34.9 Å². The van der Waals surface area contributed by atoms with Crippen LogP contribution >= 0.6 is 11.6 Å². The predicted molar refractivity (Wildman–Crippen MR) is 101 cm³/mol. The molecule has 1 unspecified atom stereocenters. The maximum atomic E-state index is 5.92. The van der Waals surface area contributed by atoms with E-state index >= 15 is 0 Å². The summed E-state index contributed by atoms with van der Waals surface area (Å²) in [6, 6.07) is 8.38. The van der Waals surface area contributed by atoms with Crippen molar-refractivity contribution in [3.8, 4) is 0 Å². The molecule has 1 aliphatic rings. The summed E-state index contributed by atoms with van der Waals surface area (Å²) in [7, 11) is 1.76. The van der Waals surface area contributed by atoms with E-state index in [-0.39, 0.29) is 0 Å². The molecular weight excluding hydrogens is 324 g/mol. The second kappa shape index (κ2) is 10.5. The highest BCUT2D eigenvalue weighted by molar-refractivity contribution is 6.30. The number of nitrogens with zero attached hydrogens (tertiary/aromatic N) is 2. The maximum Gasteiger partial charge on any atom is 0.191 e. The normalized spacial score (nSPS) is 18.8. The van der Waals surface area contributed by atoms with Crippen LogP contribution in [0.2, 0.25) is 5.02 Å². The van der Waals surface area contributed by atoms with Gasteiger partial charge in [0, 0.05) is 37.8 Å². The van der Waals surface area contributed by atoms with Gasteiger partial charge in [0.15, 0.2) is 5.96 Å². The summed E-state index contributed by atoms with van der Waals surface area (Å²) in [5.41, 5.74) is 1.15. The van der Waals surface area contributed by atoms with E-state index in [0.29, 0.717) is 12.6 Å². The highest BCUT2D eigenvalue weighted by Gasteiger charge is 2.23. The Hall–Kier alpha value is -1.30. The first-order valence-corrected chi connectivity index (χ1v) is 9.10. The Morgan fingerprint density at radius 1 is 1.33 bits per heavy atom. The van der Waals surface area contributed by atoms with Gasteiger partial charge in [-0.25, -0.2) is 4.99 Å². The van der Waals surface area contributed by atoms with Crippen LogP contribution in [0.1, 0.15) is 25.3 Å². The number of likely N-dealkylation sites (tertiary alicyclic amines) is 1. The Kier molecular flexibility index (Phi) is 8.36. The zero-order valence-corrected chi connectivity index (χ0v) is 15.5. The van der Waals surface area contributed by atoms with Crippen molar-refractivity contribution < 1.29 is 4.74 Å². The molecule has 1 aliphatic heterocycles. The van der Waals surface area contributed by atoms with Gasteiger partial charge in [-0.05, 0) is 44.0 Å². The minimum Gasteiger partial charge on any atom is -0.383 e. The molecule has 2 rings (SSSR count). The van der Waals surface area contributed by atoms with Gasteiger partial charge in [-0.15, -0.1) is 0 Å². The second-order valence-corrected chi connectivity index (χ2v) is 6.46. The maximum absolute atomic E-state index is 5.92. The molecule has 1 aromatic rings. The molecule has 0 aromatic heterocycles. The number of halogens is 1. The van der Waals surface area contributed by atoms with Crippen LogP contribution in [0, 0.1) is 0 Å². The lowest BCUT2D eigenvalue weighted by molar-refractivity contribution is 0.141. The monoisotopic (exact) mass is 352 g/mol. The van der Waals surface area contributed by atoms with E-state index in [2.05, 4.69) is 27.4 Å². The van der Waals surface area contributed by atoms with Crippen LogP contribution in [0.15, 0.2) is 29.3 Å². The quantitative estimate of drug-likeness (QED) is 0.557. The van der Waals surface area contributed by atoms with Crippen molar-refractivity contribution in [3.63, 3.8) is 0 Å². The van der Waals surface area contributed by atoms with Crippen molar-refractivity contribution >= 4 is 17.6 Å². The molecule has 0 aliphatic carbocycles. The smallest absolute Gasteiger partial charge is 0.191 e. The van der Waals surface area contributed by atoms with Crippen LogP contribution in [0.25, 0.3) is 0 Å². The Balaban J connectivity index is 1.85. The fourth-order valence-electron chi connectivity index (χ4n) is 2.95. The van der Waals surface area contributed by atoms with Gasteiger partial charge >= 0.3 is 0 Å². The summed E-state index contributed by atoms with van der Waals surface area (Å²) in [5.74, 6) is 0.867. The lowest BCUT2D eigenvalue weighted by Crippen LogP contribution is -2.45. The zero-order valence-electron chi connectivity index (χ0n) is 14.7. The molecule has 0 bridgehead atoms. The molecule has 5 nitrogen and oxygen atoms in total. The molecule has 0 spiro atoms. The van der Waals surface area contributed by atoms with Crippen molar-refractivity contribution in [1.29, 1.82) is 0 Å². The van der Waals surface area contributed by atoms with Gasteiger partial charge in [-0.3, -0.25) is 4.90 Å². The molecular formula is C18H29ClN4O. The summed E-state index contributed by atoms with van der Waals surface area (Å²) in [6.45, 7) is 7.45. The van der Waals surface area contributed by atoms with Crippen LogP contribution in [-0.2, 0) is 11.3 Å². The molecule has 1 saturated heterocycles. The molecule has 1 aromatic carbocycles. The summed E-state index contributed by atoms with van der Waals surface area (Å²) < 4.78 is 5.20. The number of guanidine groups is 1. The van der Waals surface area contributed by atoms with E-state index in [0.717, 1.165) is 49.3 Å². The molecule has 0 radical (unpaired) electrons. The van der Waals surface area contributed by atoms with Gasteiger partial charge in [0.1, 0.15) is 0 Å². The van der Waals surface area contributed by atoms with Gasteiger partial charge in [-0.2, -0.15) is 0 Å². The van der Waals surface area contributed by atoms with E-state index in [9.17, 15) is 0 Å². The Morgan fingerprint density at radius 2 is 2.12 bits per heavy atom.